The van der Waals surface area contributed by atoms with Crippen LogP contribution < -0.4 is 27.0 Å². The number of carbonyl (C=O) groups excluding carboxylic acids is 8. The summed E-state index contributed by atoms with van der Waals surface area (Å²) in [6, 6.07) is 16.5. The van der Waals surface area contributed by atoms with Gasteiger partial charge in [0.1, 0.15) is 18.2 Å². The standard InChI is InChI=1S/C58H75F2N11O10/c1-38(2)50(65-47(73)17-10-7-11-28-69-48(74)24-25-49(69)75)46(72)34-41(16-12-26-62-55(61)77)54(76)64-43-21-18-40(19-22-43)37-81-56(78)63-27-13-29-70(57(79)68-30-32-80-33-31-68)51(58(3,4)5)53-66-52(44-35-42(59)20-23-45(44)60)67-71(53)36-39-14-8-6-9-15-39/h6,8-9,14-15,18-25,35,38,41,50-51H,7,10-13,16-17,26-34,36-37H2,1-5H3,(H,63,78)(H,64,76)(H,65,73)(H3,61,62,77)/t41-,50+,51+/m1/s1. The maximum absolute atomic E-state index is 15.3. The van der Waals surface area contributed by atoms with E-state index in [0.29, 0.717) is 75.5 Å². The fraction of sp³-hybridized carbons (Fsp3) is 0.483. The number of carbonyl (C=O) groups is 8. The monoisotopic (exact) mass is 1120 g/mol. The first kappa shape index (κ1) is 62.1. The molecule has 0 saturated carbocycles. The number of ketones is 1. The predicted molar refractivity (Wildman–Crippen MR) is 297 cm³/mol. The number of nitrogens with zero attached hydrogens (tertiary/aromatic N) is 6. The number of hydrogen-bond acceptors (Lipinski definition) is 12. The fourth-order valence-electron chi connectivity index (χ4n) is 9.55. The molecule has 2 aliphatic rings. The second-order valence-corrected chi connectivity index (χ2v) is 21.5. The number of nitrogens with one attached hydrogen (secondary N) is 4. The van der Waals surface area contributed by atoms with Crippen molar-refractivity contribution in [3.63, 3.8) is 0 Å². The van der Waals surface area contributed by atoms with Gasteiger partial charge in [0.2, 0.25) is 11.8 Å². The Morgan fingerprint density at radius 1 is 0.840 bits per heavy atom. The first-order valence-corrected chi connectivity index (χ1v) is 27.4. The zero-order chi connectivity index (χ0) is 58.6. The number of nitrogens with two attached hydrogens (primary N) is 1. The van der Waals surface area contributed by atoms with Gasteiger partial charge in [0, 0.05) is 75.9 Å². The summed E-state index contributed by atoms with van der Waals surface area (Å²) >= 11 is 0. The van der Waals surface area contributed by atoms with Crippen LogP contribution in [-0.2, 0) is 46.6 Å². The van der Waals surface area contributed by atoms with Crippen molar-refractivity contribution in [1.82, 2.24) is 45.4 Å². The Bertz CT molecular complexity index is 2830. The van der Waals surface area contributed by atoms with Crippen LogP contribution in [0.15, 0.2) is 84.9 Å². The van der Waals surface area contributed by atoms with Gasteiger partial charge in [-0.25, -0.2) is 32.8 Å². The Morgan fingerprint density at radius 3 is 2.20 bits per heavy atom. The summed E-state index contributed by atoms with van der Waals surface area (Å²) in [5.41, 5.74) is 6.31. The second kappa shape index (κ2) is 29.9. The normalized spacial score (nSPS) is 14.6. The molecule has 1 aromatic heterocycles. The third-order valence-electron chi connectivity index (χ3n) is 13.7. The second-order valence-electron chi connectivity index (χ2n) is 21.5. The predicted octanol–water partition coefficient (Wildman–Crippen LogP) is 7.02. The van der Waals surface area contributed by atoms with Crippen LogP contribution in [0.25, 0.3) is 11.4 Å². The summed E-state index contributed by atoms with van der Waals surface area (Å²) in [4.78, 5) is 113. The number of imide groups is 1. The quantitative estimate of drug-likeness (QED) is 0.0284. The molecular formula is C58H75F2N11O10. The van der Waals surface area contributed by atoms with Crippen LogP contribution in [0.2, 0.25) is 0 Å². The van der Waals surface area contributed by atoms with Gasteiger partial charge in [0.15, 0.2) is 17.4 Å². The van der Waals surface area contributed by atoms with Crippen molar-refractivity contribution >= 4 is 53.3 Å². The number of primary amides is 1. The molecule has 2 aliphatic heterocycles. The summed E-state index contributed by atoms with van der Waals surface area (Å²) < 4.78 is 42.5. The lowest BCUT2D eigenvalue weighted by Gasteiger charge is -2.42. The highest BCUT2D eigenvalue weighted by Gasteiger charge is 2.41. The lowest BCUT2D eigenvalue weighted by atomic mass is 9.84. The minimum Gasteiger partial charge on any atom is -0.445 e. The lowest BCUT2D eigenvalue weighted by molar-refractivity contribution is -0.137. The molecule has 9 amide bonds. The number of amides is 9. The Hall–Kier alpha value is -8.08. The van der Waals surface area contributed by atoms with Crippen LogP contribution >= 0.6 is 0 Å². The number of unbranched alkanes of at least 4 members (excludes halogenated alkanes) is 2. The largest absolute Gasteiger partial charge is 0.445 e. The van der Waals surface area contributed by atoms with E-state index in [9.17, 15) is 42.7 Å². The number of halogens is 2. The van der Waals surface area contributed by atoms with Crippen molar-refractivity contribution in [3.05, 3.63) is 114 Å². The van der Waals surface area contributed by atoms with Crippen molar-refractivity contribution in [1.29, 1.82) is 0 Å². The zero-order valence-electron chi connectivity index (χ0n) is 46.7. The van der Waals surface area contributed by atoms with E-state index in [1.807, 2.05) is 51.1 Å². The van der Waals surface area contributed by atoms with Crippen molar-refractivity contribution in [2.24, 2.45) is 23.0 Å². The number of urea groups is 2. The van der Waals surface area contributed by atoms with Gasteiger partial charge in [0.05, 0.1) is 37.4 Å². The fourth-order valence-corrected chi connectivity index (χ4v) is 9.55. The summed E-state index contributed by atoms with van der Waals surface area (Å²) in [6.45, 7) is 11.6. The summed E-state index contributed by atoms with van der Waals surface area (Å²) in [7, 11) is 0. The number of Topliss-reactive ketones (excluding diaryl/α,β-unsaturated/α-hetero) is 1. The summed E-state index contributed by atoms with van der Waals surface area (Å²) in [5.74, 6) is -4.03. The van der Waals surface area contributed by atoms with E-state index in [1.165, 1.54) is 12.2 Å². The average Bonchev–Trinajstić information content (AvgIpc) is 4.26. The molecule has 21 nitrogen and oxygen atoms in total. The topological polar surface area (TPSA) is 270 Å². The Labute approximate surface area is 470 Å². The van der Waals surface area contributed by atoms with Crippen LogP contribution in [0.3, 0.4) is 0 Å². The van der Waals surface area contributed by atoms with Gasteiger partial charge in [-0.2, -0.15) is 5.10 Å². The van der Waals surface area contributed by atoms with Gasteiger partial charge in [-0.05, 0) is 84.9 Å². The molecule has 0 bridgehead atoms. The van der Waals surface area contributed by atoms with Crippen LogP contribution in [0.1, 0.15) is 109 Å². The number of alkyl carbamates (subject to hydrolysis) is 1. The number of morpholine rings is 1. The van der Waals surface area contributed by atoms with Gasteiger partial charge in [-0.15, -0.1) is 0 Å². The molecule has 0 spiro atoms. The lowest BCUT2D eigenvalue weighted by Crippen LogP contribution is -2.52. The molecule has 0 radical (unpaired) electrons. The average molecular weight is 1120 g/mol. The van der Waals surface area contributed by atoms with E-state index in [0.717, 1.165) is 28.7 Å². The van der Waals surface area contributed by atoms with Crippen molar-refractivity contribution < 1.29 is 56.6 Å². The van der Waals surface area contributed by atoms with E-state index < -0.39 is 53.1 Å². The molecule has 3 atom stereocenters. The Balaban J connectivity index is 1.05. The van der Waals surface area contributed by atoms with Gasteiger partial charge >= 0.3 is 18.2 Å². The van der Waals surface area contributed by atoms with Crippen LogP contribution in [0, 0.1) is 28.9 Å². The van der Waals surface area contributed by atoms with E-state index in [-0.39, 0.29) is 105 Å². The van der Waals surface area contributed by atoms with E-state index in [1.54, 1.807) is 52.6 Å². The highest BCUT2D eigenvalue weighted by molar-refractivity contribution is 6.12. The summed E-state index contributed by atoms with van der Waals surface area (Å²) in [6.07, 6.45) is 4.08. The van der Waals surface area contributed by atoms with Gasteiger partial charge in [0.25, 0.3) is 11.8 Å². The molecule has 3 heterocycles. The molecular weight excluding hydrogens is 1050 g/mol. The van der Waals surface area contributed by atoms with Crippen molar-refractivity contribution in [2.75, 3.05) is 57.8 Å². The molecule has 0 unspecified atom stereocenters. The van der Waals surface area contributed by atoms with Crippen molar-refractivity contribution in [3.8, 4) is 11.4 Å². The highest BCUT2D eigenvalue weighted by atomic mass is 19.1. The van der Waals surface area contributed by atoms with Gasteiger partial charge < -0.3 is 46.3 Å². The Kier molecular flexibility index (Phi) is 23.0. The first-order valence-electron chi connectivity index (χ1n) is 27.4. The van der Waals surface area contributed by atoms with Crippen LogP contribution in [-0.4, -0.2) is 136 Å². The molecule has 6 N–H and O–H groups in total. The number of anilines is 1. The minimum atomic E-state index is -0.873. The van der Waals surface area contributed by atoms with Crippen molar-refractivity contribution in [2.45, 2.75) is 111 Å². The number of aromatic nitrogens is 3. The molecule has 436 valence electrons. The number of rotatable bonds is 28. The maximum atomic E-state index is 15.3. The van der Waals surface area contributed by atoms with E-state index in [4.69, 9.17) is 25.3 Å². The first-order chi connectivity index (χ1) is 38.7. The Morgan fingerprint density at radius 2 is 1.53 bits per heavy atom. The maximum Gasteiger partial charge on any atom is 0.407 e. The van der Waals surface area contributed by atoms with Gasteiger partial charge in [-0.1, -0.05) is 83.5 Å². The molecule has 1 saturated heterocycles. The molecule has 4 aromatic rings. The smallest absolute Gasteiger partial charge is 0.407 e. The summed E-state index contributed by atoms with van der Waals surface area (Å²) in [5, 5.41) is 15.6. The SMILES string of the molecule is CC(C)[C@H](NC(=O)CCCCCN1C(=O)C=CC1=O)C(=O)C[C@@H](CCCNC(N)=O)C(=O)Nc1ccc(COC(=O)NCCCN(C(=O)N2CCOCC2)[C@@H](c2nc(-c3cc(F)ccc3F)nn2Cc2ccccc2)C(C)(C)C)cc1. The minimum absolute atomic E-state index is 0.0370. The van der Waals surface area contributed by atoms with E-state index >= 15 is 4.39 Å². The molecule has 0 aliphatic carbocycles. The molecule has 23 heteroatoms. The van der Waals surface area contributed by atoms with E-state index in [2.05, 4.69) is 21.3 Å². The van der Waals surface area contributed by atoms with Gasteiger partial charge in [-0.3, -0.25) is 28.9 Å². The number of hydrogen-bond donors (Lipinski definition) is 5. The van der Waals surface area contributed by atoms with Crippen LogP contribution in [0.4, 0.5) is 28.9 Å². The van der Waals surface area contributed by atoms with Crippen LogP contribution in [0.5, 0.6) is 0 Å². The number of ether oxygens (including phenoxy) is 2. The molecule has 81 heavy (non-hydrogen) atoms. The zero-order valence-corrected chi connectivity index (χ0v) is 46.7. The third-order valence-corrected chi connectivity index (χ3v) is 13.7. The molecule has 6 rings (SSSR count). The molecule has 1 fully saturated rings. The molecule has 3 aromatic carbocycles. The highest BCUT2D eigenvalue weighted by Crippen LogP contribution is 2.39. The number of benzene rings is 3. The third kappa shape index (κ3) is 18.8.